The van der Waals surface area contributed by atoms with Gasteiger partial charge in [-0.05, 0) is 12.0 Å². The molecule has 2 heterocycles. The second kappa shape index (κ2) is 9.46. The molecule has 0 saturated heterocycles. The summed E-state index contributed by atoms with van der Waals surface area (Å²) in [6.45, 7) is 8.12. The van der Waals surface area contributed by atoms with Crippen LogP contribution >= 0.6 is 0 Å². The van der Waals surface area contributed by atoms with Crippen LogP contribution in [0.3, 0.4) is 0 Å². The lowest BCUT2D eigenvalue weighted by Crippen LogP contribution is -2.30. The number of hydrogen-bond donors (Lipinski definition) is 1. The number of fused-ring (bicyclic) bond motifs is 1. The highest BCUT2D eigenvalue weighted by Crippen LogP contribution is 2.11. The van der Waals surface area contributed by atoms with Gasteiger partial charge in [0.25, 0.3) is 0 Å². The van der Waals surface area contributed by atoms with Crippen LogP contribution < -0.4 is 5.32 Å². The Morgan fingerprint density at radius 2 is 2.04 bits per heavy atom. The Labute approximate surface area is 161 Å². The van der Waals surface area contributed by atoms with E-state index < -0.39 is 0 Å². The predicted molar refractivity (Wildman–Crippen MR) is 107 cm³/mol. The lowest BCUT2D eigenvalue weighted by molar-refractivity contribution is -0.124. The minimum Gasteiger partial charge on any atom is -0.349 e. The molecule has 6 nitrogen and oxygen atoms in total. The Bertz CT molecular complexity index is 768. The van der Waals surface area contributed by atoms with Crippen LogP contribution in [0.4, 0.5) is 0 Å². The summed E-state index contributed by atoms with van der Waals surface area (Å²) in [5.41, 5.74) is 1.23. The summed E-state index contributed by atoms with van der Waals surface area (Å²) < 4.78 is 2.16. The minimum absolute atomic E-state index is 0.0309. The molecule has 27 heavy (non-hydrogen) atoms. The quantitative estimate of drug-likeness (QED) is 0.817. The van der Waals surface area contributed by atoms with Gasteiger partial charge in [0.05, 0.1) is 6.54 Å². The number of carbonyl (C=O) groups excluding carboxylic acids is 1. The number of nitrogens with one attached hydrogen (secondary N) is 1. The highest BCUT2D eigenvalue weighted by Gasteiger charge is 2.19. The van der Waals surface area contributed by atoms with Gasteiger partial charge in [0.2, 0.25) is 5.91 Å². The van der Waals surface area contributed by atoms with Gasteiger partial charge in [-0.1, -0.05) is 56.3 Å². The maximum absolute atomic E-state index is 12.0. The number of aromatic nitrogens is 3. The molecule has 0 radical (unpaired) electrons. The topological polar surface area (TPSA) is 63.1 Å². The molecule has 2 aromatic rings. The molecule has 0 spiro atoms. The predicted octanol–water partition coefficient (Wildman–Crippen LogP) is 2.51. The van der Waals surface area contributed by atoms with Crippen LogP contribution in [0.2, 0.25) is 0 Å². The molecule has 1 amide bonds. The first-order valence-electron chi connectivity index (χ1n) is 9.80. The van der Waals surface area contributed by atoms with Gasteiger partial charge < -0.3 is 9.88 Å². The summed E-state index contributed by atoms with van der Waals surface area (Å²) in [6.07, 6.45) is 6.11. The second-order valence-electron chi connectivity index (χ2n) is 7.07. The Balaban J connectivity index is 1.53. The summed E-state index contributed by atoms with van der Waals surface area (Å²) in [5.74, 6) is 1.97. The van der Waals surface area contributed by atoms with Gasteiger partial charge in [0.15, 0.2) is 5.82 Å². The van der Waals surface area contributed by atoms with Crippen LogP contribution in [0, 0.1) is 5.92 Å². The molecule has 1 atom stereocenters. The standard InChI is InChI=1S/C21H29N5O/c1-3-17(2)21(27)22-16-20-24-23-19-11-13-25(14-15-26(19)20)12-7-10-18-8-5-4-6-9-18/h4-10,17H,3,11-16H2,1-2H3,(H,22,27). The van der Waals surface area contributed by atoms with E-state index in [0.717, 1.165) is 50.7 Å². The van der Waals surface area contributed by atoms with E-state index in [1.54, 1.807) is 0 Å². The summed E-state index contributed by atoms with van der Waals surface area (Å²) in [4.78, 5) is 14.4. The molecule has 144 valence electrons. The van der Waals surface area contributed by atoms with Gasteiger partial charge >= 0.3 is 0 Å². The van der Waals surface area contributed by atoms with Crippen molar-refractivity contribution in [2.45, 2.75) is 39.8 Å². The zero-order valence-electron chi connectivity index (χ0n) is 16.3. The third-order valence-electron chi connectivity index (χ3n) is 5.15. The van der Waals surface area contributed by atoms with Crippen molar-refractivity contribution in [3.63, 3.8) is 0 Å². The average Bonchev–Trinajstić information content (AvgIpc) is 2.98. The number of nitrogens with zero attached hydrogens (tertiary/aromatic N) is 4. The van der Waals surface area contributed by atoms with Gasteiger partial charge in [-0.2, -0.15) is 0 Å². The molecule has 1 aliphatic rings. The maximum atomic E-state index is 12.0. The van der Waals surface area contributed by atoms with E-state index in [9.17, 15) is 4.79 Å². The van der Waals surface area contributed by atoms with Crippen molar-refractivity contribution in [1.29, 1.82) is 0 Å². The van der Waals surface area contributed by atoms with E-state index in [-0.39, 0.29) is 11.8 Å². The van der Waals surface area contributed by atoms with Crippen LogP contribution in [-0.4, -0.2) is 45.2 Å². The molecule has 1 unspecified atom stereocenters. The normalized spacial score (nSPS) is 16.1. The molecule has 1 N–H and O–H groups in total. The molecule has 0 fully saturated rings. The number of hydrogen-bond acceptors (Lipinski definition) is 4. The lowest BCUT2D eigenvalue weighted by Gasteiger charge is -2.17. The minimum atomic E-state index is 0.0309. The van der Waals surface area contributed by atoms with Crippen LogP contribution in [0.1, 0.15) is 37.5 Å². The fourth-order valence-corrected chi connectivity index (χ4v) is 3.17. The molecule has 1 aromatic heterocycles. The molecule has 6 heteroatoms. The fraction of sp³-hybridized carbons (Fsp3) is 0.476. The van der Waals surface area contributed by atoms with Crippen molar-refractivity contribution in [2.75, 3.05) is 19.6 Å². The van der Waals surface area contributed by atoms with Crippen molar-refractivity contribution < 1.29 is 4.79 Å². The molecule has 1 aromatic carbocycles. The van der Waals surface area contributed by atoms with Gasteiger partial charge in [-0.15, -0.1) is 10.2 Å². The van der Waals surface area contributed by atoms with Gasteiger partial charge in [0.1, 0.15) is 5.82 Å². The summed E-state index contributed by atoms with van der Waals surface area (Å²) in [6, 6.07) is 10.4. The highest BCUT2D eigenvalue weighted by molar-refractivity contribution is 5.78. The van der Waals surface area contributed by atoms with Gasteiger partial charge in [-0.3, -0.25) is 9.69 Å². The Morgan fingerprint density at radius 3 is 2.81 bits per heavy atom. The van der Waals surface area contributed by atoms with Crippen molar-refractivity contribution in [3.05, 3.63) is 53.6 Å². The Hall–Kier alpha value is -2.47. The SMILES string of the molecule is CCC(C)C(=O)NCc1nnc2n1CCN(CC=Cc1ccccc1)CC2. The third kappa shape index (κ3) is 5.26. The fourth-order valence-electron chi connectivity index (χ4n) is 3.17. The number of amides is 1. The van der Waals surface area contributed by atoms with Gasteiger partial charge in [0, 0.05) is 38.5 Å². The monoisotopic (exact) mass is 367 g/mol. The van der Waals surface area contributed by atoms with E-state index in [2.05, 4.69) is 61.4 Å². The highest BCUT2D eigenvalue weighted by atomic mass is 16.1. The van der Waals surface area contributed by atoms with E-state index in [1.807, 2.05) is 19.9 Å². The van der Waals surface area contributed by atoms with Crippen LogP contribution in [0.15, 0.2) is 36.4 Å². The number of benzene rings is 1. The summed E-state index contributed by atoms with van der Waals surface area (Å²) in [5, 5.41) is 11.6. The molecular weight excluding hydrogens is 338 g/mol. The summed E-state index contributed by atoms with van der Waals surface area (Å²) in [7, 11) is 0. The molecule has 3 rings (SSSR count). The second-order valence-corrected chi connectivity index (χ2v) is 7.07. The van der Waals surface area contributed by atoms with E-state index >= 15 is 0 Å². The average molecular weight is 367 g/mol. The smallest absolute Gasteiger partial charge is 0.223 e. The van der Waals surface area contributed by atoms with Gasteiger partial charge in [-0.25, -0.2) is 0 Å². The first-order chi connectivity index (χ1) is 13.2. The third-order valence-corrected chi connectivity index (χ3v) is 5.15. The van der Waals surface area contributed by atoms with E-state index in [4.69, 9.17) is 0 Å². The first kappa shape index (κ1) is 19.3. The molecule has 1 aliphatic heterocycles. The molecule has 0 saturated carbocycles. The van der Waals surface area contributed by atoms with Crippen LogP contribution in [0.5, 0.6) is 0 Å². The zero-order valence-corrected chi connectivity index (χ0v) is 16.3. The van der Waals surface area contributed by atoms with E-state index in [1.165, 1.54) is 5.56 Å². The zero-order chi connectivity index (χ0) is 19.1. The summed E-state index contributed by atoms with van der Waals surface area (Å²) >= 11 is 0. The lowest BCUT2D eigenvalue weighted by atomic mass is 10.1. The molecule has 0 bridgehead atoms. The largest absolute Gasteiger partial charge is 0.349 e. The van der Waals surface area contributed by atoms with Crippen LogP contribution in [-0.2, 0) is 24.3 Å². The number of rotatable bonds is 7. The Morgan fingerprint density at radius 1 is 1.22 bits per heavy atom. The maximum Gasteiger partial charge on any atom is 0.223 e. The van der Waals surface area contributed by atoms with Crippen LogP contribution in [0.25, 0.3) is 6.08 Å². The Kier molecular flexibility index (Phi) is 6.76. The first-order valence-corrected chi connectivity index (χ1v) is 9.80. The van der Waals surface area contributed by atoms with Crippen molar-refractivity contribution in [1.82, 2.24) is 25.0 Å². The van der Waals surface area contributed by atoms with Crippen molar-refractivity contribution in [2.24, 2.45) is 5.92 Å². The van der Waals surface area contributed by atoms with Crippen molar-refractivity contribution in [3.8, 4) is 0 Å². The van der Waals surface area contributed by atoms with E-state index in [0.29, 0.717) is 6.54 Å². The molecule has 0 aliphatic carbocycles. The number of carbonyl (C=O) groups is 1. The van der Waals surface area contributed by atoms with Crippen molar-refractivity contribution >= 4 is 12.0 Å². The molecular formula is C21H29N5O.